The smallest absolute Gasteiger partial charge is 0.223 e. The lowest BCUT2D eigenvalue weighted by Gasteiger charge is -2.09. The molecule has 0 heterocycles. The molecule has 1 N–H and O–H groups in total. The fourth-order valence-electron chi connectivity index (χ4n) is 1.92. The molecule has 1 saturated carbocycles. The lowest BCUT2D eigenvalue weighted by Crippen LogP contribution is -2.29. The Morgan fingerprint density at radius 2 is 2.08 bits per heavy atom. The molecule has 0 bridgehead atoms. The van der Waals surface area contributed by atoms with Gasteiger partial charge < -0.3 is 5.32 Å². The van der Waals surface area contributed by atoms with Crippen LogP contribution in [0.25, 0.3) is 0 Å². The second-order valence-corrected chi connectivity index (χ2v) is 3.98. The van der Waals surface area contributed by atoms with Gasteiger partial charge in [-0.05, 0) is 19.3 Å². The summed E-state index contributed by atoms with van der Waals surface area (Å²) in [6.07, 6.45) is 8.29. The Morgan fingerprint density at radius 1 is 1.38 bits per heavy atom. The predicted molar refractivity (Wildman–Crippen MR) is 56.6 cm³/mol. The molecule has 0 radical (unpaired) electrons. The lowest BCUT2D eigenvalue weighted by molar-refractivity contribution is -0.124. The molecule has 1 fully saturated rings. The van der Waals surface area contributed by atoms with E-state index in [2.05, 4.69) is 12.2 Å². The molecular weight excluding hydrogens is 162 g/mol. The number of carbonyl (C=O) groups excluding carboxylic acids is 1. The maximum atomic E-state index is 11.5. The van der Waals surface area contributed by atoms with Crippen LogP contribution in [0.15, 0.2) is 0 Å². The second kappa shape index (κ2) is 6.01. The molecule has 0 atom stereocenters. The summed E-state index contributed by atoms with van der Waals surface area (Å²) in [5, 5.41) is 3.02. The summed E-state index contributed by atoms with van der Waals surface area (Å²) in [6, 6.07) is 0. The van der Waals surface area contributed by atoms with Crippen molar-refractivity contribution in [2.45, 2.75) is 51.9 Å². The van der Waals surface area contributed by atoms with Crippen LogP contribution >= 0.6 is 0 Å². The highest BCUT2D eigenvalue weighted by Crippen LogP contribution is 2.24. The van der Waals surface area contributed by atoms with Crippen molar-refractivity contribution < 1.29 is 6.22 Å². The minimum Gasteiger partial charge on any atom is -0.356 e. The summed E-state index contributed by atoms with van der Waals surface area (Å²) in [6.45, 7) is 3.06. The largest absolute Gasteiger partial charge is 0.356 e. The Balaban J connectivity index is 0.00000169. The van der Waals surface area contributed by atoms with Gasteiger partial charge in [-0.25, -0.2) is 0 Å². The van der Waals surface area contributed by atoms with Gasteiger partial charge in [-0.15, -0.1) is 0 Å². The molecule has 2 heteroatoms. The van der Waals surface area contributed by atoms with E-state index in [0.29, 0.717) is 11.8 Å². The molecule has 0 aromatic rings. The van der Waals surface area contributed by atoms with E-state index < -0.39 is 0 Å². The van der Waals surface area contributed by atoms with E-state index in [-0.39, 0.29) is 1.43 Å². The van der Waals surface area contributed by atoms with E-state index in [9.17, 15) is 4.79 Å². The lowest BCUT2D eigenvalue weighted by atomic mass is 10.1. The van der Waals surface area contributed by atoms with E-state index in [1.807, 2.05) is 0 Å². The van der Waals surface area contributed by atoms with E-state index in [0.717, 1.165) is 25.8 Å². The highest BCUT2D eigenvalue weighted by molar-refractivity contribution is 5.78. The highest BCUT2D eigenvalue weighted by atomic mass is 16.1. The SMILES string of the molecule is CCCCCNC(=O)C1CCCC1.[HH]. The first-order valence-corrected chi connectivity index (χ1v) is 5.62. The number of amides is 1. The Hall–Kier alpha value is -0.530. The van der Waals surface area contributed by atoms with E-state index in [4.69, 9.17) is 0 Å². The summed E-state index contributed by atoms with van der Waals surface area (Å²) in [4.78, 5) is 11.5. The van der Waals surface area contributed by atoms with Gasteiger partial charge in [-0.1, -0.05) is 32.6 Å². The van der Waals surface area contributed by atoms with E-state index in [1.54, 1.807) is 0 Å². The van der Waals surface area contributed by atoms with Crippen molar-refractivity contribution in [1.29, 1.82) is 0 Å². The molecule has 0 saturated heterocycles. The average molecular weight is 185 g/mol. The molecule has 1 aliphatic rings. The van der Waals surface area contributed by atoms with Crippen molar-refractivity contribution in [3.8, 4) is 0 Å². The van der Waals surface area contributed by atoms with Crippen molar-refractivity contribution in [3.63, 3.8) is 0 Å². The van der Waals surface area contributed by atoms with Crippen LogP contribution in [0.2, 0.25) is 0 Å². The fourth-order valence-corrected chi connectivity index (χ4v) is 1.92. The zero-order chi connectivity index (χ0) is 9.52. The molecule has 13 heavy (non-hydrogen) atoms. The standard InChI is InChI=1S/C11H21NO.H2/c1-2-3-6-9-12-11(13)10-7-4-5-8-10;/h10H,2-9H2,1H3,(H,12,13);1H. The molecular formula is C11H23NO. The first kappa shape index (κ1) is 10.6. The fraction of sp³-hybridized carbons (Fsp3) is 0.909. The summed E-state index contributed by atoms with van der Waals surface area (Å²) < 4.78 is 0. The van der Waals surface area contributed by atoms with Crippen molar-refractivity contribution >= 4 is 5.91 Å². The summed E-state index contributed by atoms with van der Waals surface area (Å²) in [5.74, 6) is 0.634. The van der Waals surface area contributed by atoms with Crippen LogP contribution in [0.5, 0.6) is 0 Å². The minimum absolute atomic E-state index is 0. The molecule has 0 aromatic heterocycles. The van der Waals surface area contributed by atoms with Gasteiger partial charge in [0.2, 0.25) is 5.91 Å². The third-order valence-corrected chi connectivity index (χ3v) is 2.81. The third kappa shape index (κ3) is 3.79. The van der Waals surface area contributed by atoms with Crippen molar-refractivity contribution in [1.82, 2.24) is 5.32 Å². The number of nitrogens with one attached hydrogen (secondary N) is 1. The summed E-state index contributed by atoms with van der Waals surface area (Å²) >= 11 is 0. The maximum Gasteiger partial charge on any atom is 0.223 e. The number of hydrogen-bond acceptors (Lipinski definition) is 1. The van der Waals surface area contributed by atoms with Crippen LogP contribution in [0.1, 0.15) is 53.3 Å². The van der Waals surface area contributed by atoms with Gasteiger partial charge in [0, 0.05) is 13.9 Å². The Kier molecular flexibility index (Phi) is 4.87. The maximum absolute atomic E-state index is 11.5. The van der Waals surface area contributed by atoms with Crippen LogP contribution < -0.4 is 5.32 Å². The molecule has 0 aromatic carbocycles. The molecule has 2 nitrogen and oxygen atoms in total. The normalized spacial score (nSPS) is 17.6. The van der Waals surface area contributed by atoms with Crippen molar-refractivity contribution in [2.24, 2.45) is 5.92 Å². The molecule has 1 amide bonds. The van der Waals surface area contributed by atoms with Crippen molar-refractivity contribution in [3.05, 3.63) is 0 Å². The minimum atomic E-state index is 0. The molecule has 1 aliphatic carbocycles. The van der Waals surface area contributed by atoms with Crippen LogP contribution in [-0.2, 0) is 4.79 Å². The molecule has 0 aliphatic heterocycles. The van der Waals surface area contributed by atoms with Crippen LogP contribution in [-0.4, -0.2) is 12.5 Å². The zero-order valence-electron chi connectivity index (χ0n) is 8.64. The van der Waals surface area contributed by atoms with E-state index >= 15 is 0 Å². The monoisotopic (exact) mass is 185 g/mol. The topological polar surface area (TPSA) is 29.1 Å². The van der Waals surface area contributed by atoms with Gasteiger partial charge in [0.15, 0.2) is 0 Å². The molecule has 0 unspecified atom stereocenters. The van der Waals surface area contributed by atoms with Crippen LogP contribution in [0.3, 0.4) is 0 Å². The number of hydrogen-bond donors (Lipinski definition) is 1. The van der Waals surface area contributed by atoms with Crippen LogP contribution in [0.4, 0.5) is 0 Å². The Bertz CT molecular complexity index is 155. The highest BCUT2D eigenvalue weighted by Gasteiger charge is 2.21. The second-order valence-electron chi connectivity index (χ2n) is 3.98. The summed E-state index contributed by atoms with van der Waals surface area (Å²) in [5.41, 5.74) is 0. The first-order chi connectivity index (χ1) is 6.34. The zero-order valence-corrected chi connectivity index (χ0v) is 8.64. The first-order valence-electron chi connectivity index (χ1n) is 5.62. The number of unbranched alkanes of at least 4 members (excludes halogenated alkanes) is 2. The Labute approximate surface area is 82.6 Å². The van der Waals surface area contributed by atoms with Crippen molar-refractivity contribution in [2.75, 3.05) is 6.54 Å². The quantitative estimate of drug-likeness (QED) is 0.656. The Morgan fingerprint density at radius 3 is 2.69 bits per heavy atom. The average Bonchev–Trinajstić information content (AvgIpc) is 2.65. The van der Waals surface area contributed by atoms with Gasteiger partial charge in [-0.2, -0.15) is 0 Å². The number of rotatable bonds is 5. The third-order valence-electron chi connectivity index (χ3n) is 2.81. The van der Waals surface area contributed by atoms with Gasteiger partial charge in [0.25, 0.3) is 0 Å². The van der Waals surface area contributed by atoms with Gasteiger partial charge >= 0.3 is 0 Å². The van der Waals surface area contributed by atoms with E-state index in [1.165, 1.54) is 25.7 Å². The van der Waals surface area contributed by atoms with Gasteiger partial charge in [0.05, 0.1) is 0 Å². The van der Waals surface area contributed by atoms with Gasteiger partial charge in [0.1, 0.15) is 0 Å². The summed E-state index contributed by atoms with van der Waals surface area (Å²) in [7, 11) is 0. The molecule has 78 valence electrons. The molecule has 0 spiro atoms. The predicted octanol–water partition coefficient (Wildman–Crippen LogP) is 2.73. The van der Waals surface area contributed by atoms with Gasteiger partial charge in [-0.3, -0.25) is 4.79 Å². The van der Waals surface area contributed by atoms with Crippen LogP contribution in [0, 0.1) is 5.92 Å². The number of carbonyl (C=O) groups is 1. The molecule has 1 rings (SSSR count).